The van der Waals surface area contributed by atoms with Gasteiger partial charge >= 0.3 is 0 Å². The van der Waals surface area contributed by atoms with Crippen LogP contribution in [0.4, 0.5) is 11.4 Å². The van der Waals surface area contributed by atoms with Crippen molar-refractivity contribution in [3.05, 3.63) is 103 Å². The second-order valence-corrected chi connectivity index (χ2v) is 7.96. The highest BCUT2D eigenvalue weighted by molar-refractivity contribution is 6.09. The molecule has 4 aromatic carbocycles. The summed E-state index contributed by atoms with van der Waals surface area (Å²) in [5.41, 5.74) is 7.73. The third kappa shape index (κ3) is 2.42. The largest absolute Gasteiger partial charge is 0.341 e. The van der Waals surface area contributed by atoms with Crippen LogP contribution in [-0.2, 0) is 0 Å². The summed E-state index contributed by atoms with van der Waals surface area (Å²) in [6.07, 6.45) is 0. The topological polar surface area (TPSA) is 8.17 Å². The molecule has 6 rings (SSSR count). The van der Waals surface area contributed by atoms with Gasteiger partial charge in [0.1, 0.15) is 0 Å². The van der Waals surface area contributed by atoms with Crippen LogP contribution >= 0.6 is 0 Å². The van der Waals surface area contributed by atoms with Gasteiger partial charge in [0.15, 0.2) is 0 Å². The van der Waals surface area contributed by atoms with Gasteiger partial charge in [0.2, 0.25) is 0 Å². The number of hydrogen-bond donors (Lipinski definition) is 0. The van der Waals surface area contributed by atoms with E-state index in [1.54, 1.807) is 0 Å². The van der Waals surface area contributed by atoms with Gasteiger partial charge in [-0.05, 0) is 42.0 Å². The molecule has 5 aromatic rings. The lowest BCUT2D eigenvalue weighted by atomic mass is 10.0. The Morgan fingerprint density at radius 2 is 1.28 bits per heavy atom. The second kappa shape index (κ2) is 6.25. The number of aromatic nitrogens is 1. The Labute approximate surface area is 170 Å². The molecule has 2 heterocycles. The maximum atomic E-state index is 2.46. The number of anilines is 2. The molecule has 0 saturated heterocycles. The molecule has 0 amide bonds. The zero-order chi connectivity index (χ0) is 19.4. The predicted molar refractivity (Wildman–Crippen MR) is 123 cm³/mol. The first-order valence-electron chi connectivity index (χ1n) is 10.3. The van der Waals surface area contributed by atoms with E-state index in [9.17, 15) is 0 Å². The van der Waals surface area contributed by atoms with Crippen molar-refractivity contribution in [2.24, 2.45) is 0 Å². The lowest BCUT2D eigenvalue weighted by molar-refractivity contribution is 0.813. The summed E-state index contributed by atoms with van der Waals surface area (Å²) in [7, 11) is 0. The molecule has 0 spiro atoms. The summed E-state index contributed by atoms with van der Waals surface area (Å²) in [5.74, 6) is 0.545. The van der Waals surface area contributed by atoms with Gasteiger partial charge in [0.05, 0.1) is 11.0 Å². The fraction of sp³-hybridized carbons (Fsp3) is 0.111. The Balaban J connectivity index is 1.56. The first-order chi connectivity index (χ1) is 14.3. The van der Waals surface area contributed by atoms with E-state index in [1.807, 2.05) is 0 Å². The van der Waals surface area contributed by atoms with E-state index in [0.29, 0.717) is 5.92 Å². The Morgan fingerprint density at radius 1 is 0.655 bits per heavy atom. The van der Waals surface area contributed by atoms with Crippen molar-refractivity contribution in [2.45, 2.75) is 12.8 Å². The van der Waals surface area contributed by atoms with E-state index in [1.165, 1.54) is 44.4 Å². The molecule has 140 valence electrons. The number of nitrogens with zero attached hydrogens (tertiary/aromatic N) is 2. The van der Waals surface area contributed by atoms with E-state index >= 15 is 0 Å². The van der Waals surface area contributed by atoms with Crippen molar-refractivity contribution in [2.75, 3.05) is 11.4 Å². The molecule has 0 saturated carbocycles. The summed E-state index contributed by atoms with van der Waals surface area (Å²) in [5, 5.41) is 2.60. The third-order valence-corrected chi connectivity index (χ3v) is 6.19. The molecule has 0 radical (unpaired) electrons. The van der Waals surface area contributed by atoms with E-state index in [2.05, 4.69) is 113 Å². The first kappa shape index (κ1) is 16.4. The average Bonchev–Trinajstić information content (AvgIpc) is 3.29. The number of hydrogen-bond acceptors (Lipinski definition) is 1. The van der Waals surface area contributed by atoms with Crippen molar-refractivity contribution in [1.82, 2.24) is 4.57 Å². The van der Waals surface area contributed by atoms with Gasteiger partial charge in [-0.25, -0.2) is 0 Å². The van der Waals surface area contributed by atoms with Crippen molar-refractivity contribution >= 4 is 33.2 Å². The molecule has 1 aliphatic heterocycles. The maximum Gasteiger partial charge on any atom is 0.0541 e. The predicted octanol–water partition coefficient (Wildman–Crippen LogP) is 7.04. The zero-order valence-corrected chi connectivity index (χ0v) is 16.4. The van der Waals surface area contributed by atoms with Gasteiger partial charge in [-0.3, -0.25) is 0 Å². The molecule has 2 nitrogen and oxygen atoms in total. The lowest BCUT2D eigenvalue weighted by Gasteiger charge is -2.21. The van der Waals surface area contributed by atoms with E-state index in [4.69, 9.17) is 0 Å². The van der Waals surface area contributed by atoms with Crippen LogP contribution in [0.15, 0.2) is 97.1 Å². The Hall–Kier alpha value is -3.52. The summed E-state index contributed by atoms with van der Waals surface area (Å²) in [6.45, 7) is 3.34. The van der Waals surface area contributed by atoms with Crippen LogP contribution in [0.3, 0.4) is 0 Å². The minimum absolute atomic E-state index is 0.545. The Bertz CT molecular complexity index is 1310. The number of para-hydroxylation sites is 3. The van der Waals surface area contributed by atoms with Crippen molar-refractivity contribution < 1.29 is 0 Å². The number of rotatable bonds is 2. The van der Waals surface area contributed by atoms with Gasteiger partial charge in [-0.1, -0.05) is 67.6 Å². The second-order valence-electron chi connectivity index (χ2n) is 7.96. The van der Waals surface area contributed by atoms with Gasteiger partial charge in [-0.2, -0.15) is 0 Å². The number of fused-ring (bicyclic) bond motifs is 4. The van der Waals surface area contributed by atoms with Crippen molar-refractivity contribution in [3.8, 4) is 5.69 Å². The fourth-order valence-corrected chi connectivity index (χ4v) is 4.87. The molecule has 1 aromatic heterocycles. The van der Waals surface area contributed by atoms with Gasteiger partial charge < -0.3 is 9.47 Å². The minimum Gasteiger partial charge on any atom is -0.341 e. The normalized spacial score (nSPS) is 15.9. The van der Waals surface area contributed by atoms with Crippen molar-refractivity contribution in [1.29, 1.82) is 0 Å². The quantitative estimate of drug-likeness (QED) is 0.322. The first-order valence-corrected chi connectivity index (χ1v) is 10.3. The SMILES string of the molecule is CC1CN(c2cccc(-n3c4ccccc4c4ccccc43)c2)c2ccccc21. The molecule has 0 aliphatic carbocycles. The average molecular weight is 374 g/mol. The summed E-state index contributed by atoms with van der Waals surface area (Å²) in [6, 6.07) is 35.1. The lowest BCUT2D eigenvalue weighted by Crippen LogP contribution is -2.14. The molecule has 0 bridgehead atoms. The standard InChI is InChI=1S/C27H22N2/c1-19-18-28(25-14-5-2-11-22(19)25)20-9-8-10-21(17-20)29-26-15-6-3-12-23(26)24-13-4-7-16-27(24)29/h2-17,19H,18H2,1H3. The van der Waals surface area contributed by atoms with Crippen LogP contribution in [0.25, 0.3) is 27.5 Å². The maximum absolute atomic E-state index is 2.46. The van der Waals surface area contributed by atoms with Crippen LogP contribution in [0, 0.1) is 0 Å². The smallest absolute Gasteiger partial charge is 0.0541 e. The Kier molecular flexibility index (Phi) is 3.54. The minimum atomic E-state index is 0.545. The molecular formula is C27H22N2. The fourth-order valence-electron chi connectivity index (χ4n) is 4.87. The van der Waals surface area contributed by atoms with Crippen LogP contribution < -0.4 is 4.90 Å². The van der Waals surface area contributed by atoms with E-state index in [-0.39, 0.29) is 0 Å². The molecule has 0 fully saturated rings. The highest BCUT2D eigenvalue weighted by Gasteiger charge is 2.26. The molecule has 0 N–H and O–H groups in total. The summed E-state index contributed by atoms with van der Waals surface area (Å²) < 4.78 is 2.39. The molecule has 1 atom stereocenters. The molecule has 2 heteroatoms. The van der Waals surface area contributed by atoms with Gasteiger partial charge in [0.25, 0.3) is 0 Å². The molecule has 29 heavy (non-hydrogen) atoms. The molecular weight excluding hydrogens is 352 g/mol. The van der Waals surface area contributed by atoms with Crippen LogP contribution in [0.1, 0.15) is 18.4 Å². The molecule has 1 aliphatic rings. The van der Waals surface area contributed by atoms with Gasteiger partial charge in [0, 0.05) is 40.3 Å². The summed E-state index contributed by atoms with van der Waals surface area (Å²) in [4.78, 5) is 2.46. The Morgan fingerprint density at radius 3 is 2.03 bits per heavy atom. The zero-order valence-electron chi connectivity index (χ0n) is 16.4. The third-order valence-electron chi connectivity index (χ3n) is 6.19. The van der Waals surface area contributed by atoms with Crippen LogP contribution in [0.5, 0.6) is 0 Å². The van der Waals surface area contributed by atoms with Crippen LogP contribution in [0.2, 0.25) is 0 Å². The summed E-state index contributed by atoms with van der Waals surface area (Å²) >= 11 is 0. The highest BCUT2D eigenvalue weighted by Crippen LogP contribution is 2.41. The number of benzene rings is 4. The van der Waals surface area contributed by atoms with Crippen molar-refractivity contribution in [3.63, 3.8) is 0 Å². The van der Waals surface area contributed by atoms with Crippen LogP contribution in [-0.4, -0.2) is 11.1 Å². The molecule has 1 unspecified atom stereocenters. The van der Waals surface area contributed by atoms with Gasteiger partial charge in [-0.15, -0.1) is 0 Å². The monoisotopic (exact) mass is 374 g/mol. The van der Waals surface area contributed by atoms with E-state index < -0.39 is 0 Å². The highest BCUT2D eigenvalue weighted by atomic mass is 15.2. The van der Waals surface area contributed by atoms with E-state index in [0.717, 1.165) is 6.54 Å².